The predicted molar refractivity (Wildman–Crippen MR) is 311 cm³/mol. The first-order valence-corrected chi connectivity index (χ1v) is 33.9. The molecule has 0 N–H and O–H groups in total. The van der Waals surface area contributed by atoms with Crippen LogP contribution in [0.25, 0.3) is 0 Å². The number of carbonyl (C=O) groups is 2. The third kappa shape index (κ3) is 18.9. The van der Waals surface area contributed by atoms with Crippen LogP contribution in [-0.2, 0) is 57.0 Å². The summed E-state index contributed by atoms with van der Waals surface area (Å²) < 4.78 is 64.7. The van der Waals surface area contributed by atoms with E-state index in [2.05, 4.69) is 75.5 Å². The summed E-state index contributed by atoms with van der Waals surface area (Å²) in [6.45, 7) is 12.4. The maximum Gasteiger partial charge on any atom is 0.305 e. The monoisotopic (exact) mass is 1130 g/mol. The zero-order valence-corrected chi connectivity index (χ0v) is 50.8. The number of carbonyl (C=O) groups excluding carboxylic acids is 2. The minimum Gasteiger partial charge on any atom is -0.469 e. The number of rotatable bonds is 33. The van der Waals surface area contributed by atoms with Gasteiger partial charge < -0.3 is 47.4 Å². The van der Waals surface area contributed by atoms with Crippen molar-refractivity contribution in [2.75, 3.05) is 40.6 Å². The summed E-state index contributed by atoms with van der Waals surface area (Å²) >= 11 is 4.32. The van der Waals surface area contributed by atoms with Gasteiger partial charge in [-0.3, -0.25) is 9.59 Å². The third-order valence-corrected chi connectivity index (χ3v) is 22.1. The fourth-order valence-corrected chi connectivity index (χ4v) is 17.4. The number of esters is 2. The highest BCUT2D eigenvalue weighted by Crippen LogP contribution is 2.64. The van der Waals surface area contributed by atoms with Crippen molar-refractivity contribution in [1.29, 1.82) is 0 Å². The lowest BCUT2D eigenvalue weighted by atomic mass is 9.71. The first kappa shape index (κ1) is 62.8. The summed E-state index contributed by atoms with van der Waals surface area (Å²) in [7, 11) is 2.98. The van der Waals surface area contributed by atoms with Crippen LogP contribution in [0.4, 0.5) is 0 Å². The second-order valence-corrected chi connectivity index (χ2v) is 27.6. The molecule has 0 spiro atoms. The van der Waals surface area contributed by atoms with Crippen molar-refractivity contribution < 1.29 is 57.0 Å². The first-order chi connectivity index (χ1) is 38.2. The third-order valence-electron chi connectivity index (χ3n) is 19.1. The van der Waals surface area contributed by atoms with E-state index in [-0.39, 0.29) is 67.4 Å². The van der Waals surface area contributed by atoms with Crippen molar-refractivity contribution in [3.8, 4) is 0 Å². The van der Waals surface area contributed by atoms with Crippen LogP contribution in [0.5, 0.6) is 0 Å². The molecular formula is C64H106O12S2. The van der Waals surface area contributed by atoms with Gasteiger partial charge in [-0.1, -0.05) is 77.7 Å². The van der Waals surface area contributed by atoms with E-state index in [4.69, 9.17) is 47.4 Å². The molecule has 8 fully saturated rings. The quantitative estimate of drug-likeness (QED) is 0.0268. The van der Waals surface area contributed by atoms with E-state index in [9.17, 15) is 9.59 Å². The highest BCUT2D eigenvalue weighted by atomic mass is 32.2. The molecule has 0 aromatic rings. The van der Waals surface area contributed by atoms with Crippen LogP contribution in [0.3, 0.4) is 0 Å². The van der Waals surface area contributed by atoms with Gasteiger partial charge in [0.25, 0.3) is 0 Å². The SMILES string of the molecule is CCCC[C@H](C)[C@H](OC1CCCCO1)C1S[C@H]1[C@H]1[C@H](OC2CCCCO2)CC(C2C[C@H](OC3CCCCO3)[C@H](C=C[C@@H](OC3CCCCO3)[C@@H](C)CCCC)[C@H]2CC=CCCCC(=O)OC)[C@@H]1CC1SC1CCCC(=O)OC. The van der Waals surface area contributed by atoms with Crippen molar-refractivity contribution in [3.05, 3.63) is 24.3 Å². The van der Waals surface area contributed by atoms with Crippen molar-refractivity contribution in [1.82, 2.24) is 0 Å². The molecular weight excluding hydrogens is 1020 g/mol. The van der Waals surface area contributed by atoms with Crippen LogP contribution in [0.2, 0.25) is 0 Å². The zero-order chi connectivity index (χ0) is 54.6. The second-order valence-electron chi connectivity index (χ2n) is 24.8. The molecule has 8 rings (SSSR count). The fraction of sp³-hybridized carbons (Fsp3) is 0.906. The normalized spacial score (nSPS) is 36.8. The van der Waals surface area contributed by atoms with Gasteiger partial charge in [0.05, 0.1) is 38.6 Å². The van der Waals surface area contributed by atoms with Gasteiger partial charge >= 0.3 is 11.9 Å². The Kier molecular flexibility index (Phi) is 26.9. The molecule has 20 atom stereocenters. The lowest BCUT2D eigenvalue weighted by Crippen LogP contribution is -2.39. The highest BCUT2D eigenvalue weighted by molar-refractivity contribution is 8.08. The zero-order valence-electron chi connectivity index (χ0n) is 49.2. The van der Waals surface area contributed by atoms with Crippen LogP contribution in [0.15, 0.2) is 24.3 Å². The van der Waals surface area contributed by atoms with Gasteiger partial charge in [-0.25, -0.2) is 0 Å². The molecule has 9 unspecified atom stereocenters. The van der Waals surface area contributed by atoms with E-state index in [0.717, 1.165) is 174 Å². The van der Waals surface area contributed by atoms with Gasteiger partial charge in [0.1, 0.15) is 0 Å². The maximum absolute atomic E-state index is 12.3. The Bertz CT molecular complexity index is 1780. The lowest BCUT2D eigenvalue weighted by Gasteiger charge is -2.35. The molecule has 0 aromatic heterocycles. The molecule has 8 aliphatic rings. The van der Waals surface area contributed by atoms with E-state index >= 15 is 0 Å². The Morgan fingerprint density at radius 2 is 1.18 bits per heavy atom. The van der Waals surface area contributed by atoms with Crippen molar-refractivity contribution >= 4 is 35.5 Å². The highest BCUT2D eigenvalue weighted by Gasteiger charge is 2.63. The molecule has 6 saturated heterocycles. The molecule has 0 aromatic carbocycles. The summed E-state index contributed by atoms with van der Waals surface area (Å²) in [5.41, 5.74) is 0. The number of hydrogen-bond acceptors (Lipinski definition) is 14. The minimum absolute atomic E-state index is 0.0116. The molecule has 78 heavy (non-hydrogen) atoms. The van der Waals surface area contributed by atoms with Crippen molar-refractivity contribution in [2.24, 2.45) is 47.3 Å². The molecule has 14 heteroatoms. The molecule has 0 bridgehead atoms. The van der Waals surface area contributed by atoms with Gasteiger partial charge in [-0.2, -0.15) is 11.8 Å². The molecule has 446 valence electrons. The number of allylic oxidation sites excluding steroid dienone is 2. The van der Waals surface area contributed by atoms with Crippen LogP contribution in [-0.4, -0.2) is 123 Å². The smallest absolute Gasteiger partial charge is 0.305 e. The Morgan fingerprint density at radius 1 is 0.615 bits per heavy atom. The number of ether oxygens (including phenoxy) is 10. The second kappa shape index (κ2) is 33.3. The van der Waals surface area contributed by atoms with E-state index in [1.54, 1.807) is 0 Å². The number of unbranched alkanes of at least 4 members (excludes halogenated alkanes) is 3. The molecule has 0 amide bonds. The molecule has 12 nitrogen and oxygen atoms in total. The standard InChI is InChI=1S/C64H106O12S2/c1-7-9-24-43(3)50(73-57-30-15-19-36-69-57)35-34-46-45(26-13-11-12-14-28-55(65)67-5)47(40-51(46)74-58-31-16-20-37-70-58)48-41-52(75-59-32-17-21-38-71-59)61(49(48)42-54-53(77-54)27-23-29-56(66)68-6)63-64(78-63)62(44(4)25-10-8-2)76-60-33-18-22-39-72-60/h11,13,34-35,43-54,57-64H,7-10,12,14-33,36-42H2,1-6H3/t43-,44-,45+,46+,47?,48?,49-,50+,51-,52+,53?,54?,57?,58?,59?,60?,61+,62-,63-,64?/m0/s1. The predicted octanol–water partition coefficient (Wildman–Crippen LogP) is 14.3. The van der Waals surface area contributed by atoms with E-state index < -0.39 is 0 Å². The Labute approximate surface area is 480 Å². The van der Waals surface area contributed by atoms with Crippen LogP contribution < -0.4 is 0 Å². The average Bonchev–Trinajstić information content (AvgIpc) is 4.43. The first-order valence-electron chi connectivity index (χ1n) is 32.0. The van der Waals surface area contributed by atoms with E-state index in [1.807, 2.05) is 0 Å². The molecule has 6 heterocycles. The summed E-state index contributed by atoms with van der Waals surface area (Å²) in [6.07, 6.45) is 37.3. The van der Waals surface area contributed by atoms with Crippen LogP contribution >= 0.6 is 23.5 Å². The minimum atomic E-state index is -0.206. The average molecular weight is 1130 g/mol. The van der Waals surface area contributed by atoms with Gasteiger partial charge in [0, 0.05) is 72.1 Å². The topological polar surface area (TPSA) is 126 Å². The fourth-order valence-electron chi connectivity index (χ4n) is 14.5. The molecule has 0 radical (unpaired) electrons. The van der Waals surface area contributed by atoms with Crippen molar-refractivity contribution in [3.63, 3.8) is 0 Å². The Balaban J connectivity index is 1.16. The summed E-state index contributed by atoms with van der Waals surface area (Å²) in [6, 6.07) is 0. The summed E-state index contributed by atoms with van der Waals surface area (Å²) in [4.78, 5) is 24.5. The van der Waals surface area contributed by atoms with Crippen molar-refractivity contribution in [2.45, 2.75) is 278 Å². The van der Waals surface area contributed by atoms with Gasteiger partial charge in [-0.05, 0) is 177 Å². The van der Waals surface area contributed by atoms with E-state index in [0.29, 0.717) is 75.3 Å². The number of thioether (sulfide) groups is 2. The lowest BCUT2D eigenvalue weighted by molar-refractivity contribution is -0.201. The molecule has 2 aliphatic carbocycles. The molecule has 2 saturated carbocycles. The largest absolute Gasteiger partial charge is 0.469 e. The van der Waals surface area contributed by atoms with Gasteiger partial charge in [0.15, 0.2) is 25.2 Å². The van der Waals surface area contributed by atoms with Gasteiger partial charge in [-0.15, -0.1) is 11.8 Å². The number of hydrogen-bond donors (Lipinski definition) is 0. The number of methoxy groups -OCH3 is 2. The summed E-state index contributed by atoms with van der Waals surface area (Å²) in [5.74, 6) is 2.52. The van der Waals surface area contributed by atoms with Gasteiger partial charge in [0.2, 0.25) is 0 Å². The van der Waals surface area contributed by atoms with Crippen LogP contribution in [0.1, 0.15) is 207 Å². The van der Waals surface area contributed by atoms with Crippen LogP contribution in [0, 0.1) is 47.3 Å². The Hall–Kier alpha value is -1.20. The Morgan fingerprint density at radius 3 is 1.78 bits per heavy atom. The van der Waals surface area contributed by atoms with E-state index in [1.165, 1.54) is 33.5 Å². The molecule has 6 aliphatic heterocycles. The summed E-state index contributed by atoms with van der Waals surface area (Å²) in [5, 5.41) is 1.91. The maximum atomic E-state index is 12.3.